The fourth-order valence-electron chi connectivity index (χ4n) is 7.34. The SMILES string of the molecule is CCC1(CC)c2cc(/C(C)=N/OC(=O)C3CCCCC3)ccc2-c2c([N+](=O)[O-])cc(/C(C)=N/OC(=O)C3CCCCC3)cc21. The zero-order valence-corrected chi connectivity index (χ0v) is 26.3. The summed E-state index contributed by atoms with van der Waals surface area (Å²) >= 11 is 0. The molecule has 2 saturated carbocycles. The van der Waals surface area contributed by atoms with E-state index in [-0.39, 0.29) is 34.4 Å². The Kier molecular flexibility index (Phi) is 9.61. The molecule has 5 rings (SSSR count). The summed E-state index contributed by atoms with van der Waals surface area (Å²) in [7, 11) is 0. The Bertz CT molecular complexity index is 1490. The molecule has 0 unspecified atom stereocenters. The fraction of sp³-hybridized carbons (Fsp3) is 0.543. The lowest BCUT2D eigenvalue weighted by Crippen LogP contribution is -2.24. The van der Waals surface area contributed by atoms with Crippen molar-refractivity contribution in [2.75, 3.05) is 0 Å². The molecule has 2 aromatic rings. The Labute approximate surface area is 259 Å². The fourth-order valence-corrected chi connectivity index (χ4v) is 7.34. The van der Waals surface area contributed by atoms with Crippen LogP contribution in [0, 0.1) is 22.0 Å². The number of hydrogen-bond acceptors (Lipinski definition) is 8. The van der Waals surface area contributed by atoms with E-state index in [1.54, 1.807) is 6.92 Å². The summed E-state index contributed by atoms with van der Waals surface area (Å²) in [6, 6.07) is 9.33. The summed E-state index contributed by atoms with van der Waals surface area (Å²) in [5.41, 5.74) is 5.13. The van der Waals surface area contributed by atoms with Crippen LogP contribution in [0.2, 0.25) is 0 Å². The van der Waals surface area contributed by atoms with Crippen LogP contribution in [0.15, 0.2) is 40.6 Å². The molecule has 44 heavy (non-hydrogen) atoms. The highest BCUT2D eigenvalue weighted by Gasteiger charge is 2.44. The average molecular weight is 602 g/mol. The summed E-state index contributed by atoms with van der Waals surface area (Å²) < 4.78 is 0. The van der Waals surface area contributed by atoms with E-state index >= 15 is 0 Å². The molecule has 3 aliphatic rings. The Balaban J connectivity index is 1.48. The minimum absolute atomic E-state index is 0.00441. The Hall–Kier alpha value is -3.88. The first-order valence-electron chi connectivity index (χ1n) is 16.2. The van der Waals surface area contributed by atoms with Gasteiger partial charge in [-0.05, 0) is 86.8 Å². The lowest BCUT2D eigenvalue weighted by molar-refractivity contribution is -0.384. The molecule has 2 aromatic carbocycles. The molecule has 3 aliphatic carbocycles. The molecule has 0 aliphatic heterocycles. The first kappa shape index (κ1) is 31.5. The van der Waals surface area contributed by atoms with Gasteiger partial charge in [0, 0.05) is 17.0 Å². The van der Waals surface area contributed by atoms with Crippen molar-refractivity contribution in [3.05, 3.63) is 62.7 Å². The predicted octanol–water partition coefficient (Wildman–Crippen LogP) is 8.38. The summed E-state index contributed by atoms with van der Waals surface area (Å²) in [5, 5.41) is 20.8. The number of hydrogen-bond donors (Lipinski definition) is 0. The van der Waals surface area contributed by atoms with E-state index in [1.807, 2.05) is 31.2 Å². The number of fused-ring (bicyclic) bond motifs is 3. The van der Waals surface area contributed by atoms with Gasteiger partial charge in [-0.1, -0.05) is 74.8 Å². The second-order valence-electron chi connectivity index (χ2n) is 12.6. The summed E-state index contributed by atoms with van der Waals surface area (Å²) in [6.45, 7) is 7.71. The monoisotopic (exact) mass is 601 g/mol. The van der Waals surface area contributed by atoms with Gasteiger partial charge < -0.3 is 9.68 Å². The highest BCUT2D eigenvalue weighted by Crippen LogP contribution is 2.56. The topological polar surface area (TPSA) is 120 Å². The molecule has 0 atom stereocenters. The van der Waals surface area contributed by atoms with Gasteiger partial charge in [-0.15, -0.1) is 0 Å². The third-order valence-electron chi connectivity index (χ3n) is 10.1. The van der Waals surface area contributed by atoms with Crippen LogP contribution in [-0.4, -0.2) is 28.3 Å². The van der Waals surface area contributed by atoms with Crippen molar-refractivity contribution in [3.8, 4) is 11.1 Å². The van der Waals surface area contributed by atoms with Crippen molar-refractivity contribution in [1.29, 1.82) is 0 Å². The molecule has 9 heteroatoms. The smallest absolute Gasteiger partial charge is 0.318 e. The first-order chi connectivity index (χ1) is 21.2. The lowest BCUT2D eigenvalue weighted by atomic mass is 9.73. The molecule has 0 aromatic heterocycles. The van der Waals surface area contributed by atoms with Gasteiger partial charge in [0.25, 0.3) is 5.69 Å². The second kappa shape index (κ2) is 13.4. The Morgan fingerprint density at radius 2 is 1.30 bits per heavy atom. The number of rotatable bonds is 9. The number of benzene rings is 2. The quantitative estimate of drug-likeness (QED) is 0.123. The Morgan fingerprint density at radius 3 is 1.80 bits per heavy atom. The summed E-state index contributed by atoms with van der Waals surface area (Å²) in [5.74, 6) is -0.856. The van der Waals surface area contributed by atoms with Gasteiger partial charge in [0.05, 0.1) is 33.7 Å². The van der Waals surface area contributed by atoms with Gasteiger partial charge in [0.1, 0.15) is 0 Å². The maximum Gasteiger partial charge on any atom is 0.338 e. The predicted molar refractivity (Wildman–Crippen MR) is 170 cm³/mol. The molecule has 0 bridgehead atoms. The molecular weight excluding hydrogens is 558 g/mol. The van der Waals surface area contributed by atoms with Crippen LogP contribution < -0.4 is 0 Å². The van der Waals surface area contributed by atoms with Crippen LogP contribution in [0.4, 0.5) is 5.69 Å². The van der Waals surface area contributed by atoms with Gasteiger partial charge in [0.15, 0.2) is 0 Å². The van der Waals surface area contributed by atoms with E-state index in [4.69, 9.17) is 9.68 Å². The van der Waals surface area contributed by atoms with Gasteiger partial charge in [-0.25, -0.2) is 9.59 Å². The molecule has 0 spiro atoms. The second-order valence-corrected chi connectivity index (χ2v) is 12.6. The van der Waals surface area contributed by atoms with Crippen LogP contribution in [0.3, 0.4) is 0 Å². The largest absolute Gasteiger partial charge is 0.338 e. The summed E-state index contributed by atoms with van der Waals surface area (Å²) in [4.78, 5) is 48.0. The first-order valence-corrected chi connectivity index (χ1v) is 16.2. The third-order valence-corrected chi connectivity index (χ3v) is 10.1. The van der Waals surface area contributed by atoms with E-state index in [9.17, 15) is 19.7 Å². The zero-order valence-electron chi connectivity index (χ0n) is 26.3. The number of carbonyl (C=O) groups excluding carboxylic acids is 2. The average Bonchev–Trinajstić information content (AvgIpc) is 3.35. The number of carbonyl (C=O) groups is 2. The van der Waals surface area contributed by atoms with Gasteiger partial charge in [-0.3, -0.25) is 10.1 Å². The van der Waals surface area contributed by atoms with Crippen molar-refractivity contribution in [2.45, 2.75) is 110 Å². The van der Waals surface area contributed by atoms with Crippen molar-refractivity contribution >= 4 is 29.0 Å². The van der Waals surface area contributed by atoms with E-state index in [2.05, 4.69) is 24.2 Å². The number of nitrogens with zero attached hydrogens (tertiary/aromatic N) is 3. The Morgan fingerprint density at radius 1 is 0.795 bits per heavy atom. The maximum absolute atomic E-state index is 12.6. The molecule has 0 saturated heterocycles. The van der Waals surface area contributed by atoms with Crippen LogP contribution in [-0.2, 0) is 24.7 Å². The minimum Gasteiger partial charge on any atom is -0.318 e. The van der Waals surface area contributed by atoms with Crippen molar-refractivity contribution in [2.24, 2.45) is 22.1 Å². The standard InChI is InChI=1S/C35H43N3O6/c1-5-35(6-2)29-19-26(22(3)36-43-33(39)24-13-9-7-10-14-24)17-18-28(29)32-30(35)20-27(21-31(32)38(41)42)23(4)37-44-34(40)25-15-11-8-12-16-25/h17-21,24-25H,5-16H2,1-4H3/b36-22+,37-23+. The molecule has 234 valence electrons. The molecule has 9 nitrogen and oxygen atoms in total. The normalized spacial score (nSPS) is 18.8. The molecular formula is C35H43N3O6. The summed E-state index contributed by atoms with van der Waals surface area (Å²) in [6.07, 6.45) is 11.1. The zero-order chi connectivity index (χ0) is 31.4. The van der Waals surface area contributed by atoms with Crippen LogP contribution in [0.1, 0.15) is 127 Å². The highest BCUT2D eigenvalue weighted by molar-refractivity contribution is 6.03. The number of nitro benzene ring substituents is 1. The number of nitro groups is 1. The van der Waals surface area contributed by atoms with E-state index in [0.717, 1.165) is 86.5 Å². The van der Waals surface area contributed by atoms with E-state index in [1.165, 1.54) is 6.07 Å². The van der Waals surface area contributed by atoms with E-state index < -0.39 is 5.41 Å². The van der Waals surface area contributed by atoms with E-state index in [0.29, 0.717) is 35.4 Å². The lowest BCUT2D eigenvalue weighted by Gasteiger charge is -2.30. The van der Waals surface area contributed by atoms with Crippen LogP contribution >= 0.6 is 0 Å². The van der Waals surface area contributed by atoms with Crippen molar-refractivity contribution in [3.63, 3.8) is 0 Å². The third kappa shape index (κ3) is 6.06. The number of oxime groups is 2. The van der Waals surface area contributed by atoms with Crippen LogP contribution in [0.25, 0.3) is 11.1 Å². The van der Waals surface area contributed by atoms with Gasteiger partial charge in [-0.2, -0.15) is 0 Å². The minimum atomic E-state index is -0.487. The van der Waals surface area contributed by atoms with Gasteiger partial charge >= 0.3 is 11.9 Å². The highest BCUT2D eigenvalue weighted by atomic mass is 16.7. The maximum atomic E-state index is 12.6. The molecule has 0 N–H and O–H groups in total. The van der Waals surface area contributed by atoms with Crippen molar-refractivity contribution < 1.29 is 24.2 Å². The van der Waals surface area contributed by atoms with Gasteiger partial charge in [0.2, 0.25) is 0 Å². The molecule has 0 radical (unpaired) electrons. The van der Waals surface area contributed by atoms with Crippen LogP contribution in [0.5, 0.6) is 0 Å². The van der Waals surface area contributed by atoms with Crippen molar-refractivity contribution in [1.82, 2.24) is 0 Å². The molecule has 0 heterocycles. The molecule has 0 amide bonds. The molecule has 2 fully saturated rings.